The second-order valence-electron chi connectivity index (χ2n) is 7.23. The summed E-state index contributed by atoms with van der Waals surface area (Å²) in [5.74, 6) is -4.52. The van der Waals surface area contributed by atoms with Crippen LogP contribution >= 0.6 is 0 Å². The molecule has 2 aliphatic rings. The first-order chi connectivity index (χ1) is 14.0. The molecule has 0 bridgehead atoms. The van der Waals surface area contributed by atoms with Crippen LogP contribution in [0, 0.1) is 11.8 Å². The van der Waals surface area contributed by atoms with Crippen LogP contribution in [0.5, 0.6) is 5.75 Å². The third-order valence-corrected chi connectivity index (χ3v) is 5.68. The van der Waals surface area contributed by atoms with E-state index in [9.17, 15) is 24.6 Å². The number of esters is 1. The SMILES string of the molecule is CCOC(=O)C1=C(O)C[C@@H]2C(=O)c3cccc(O)c3C(=O)[C@@H]2[C@H]1c1ccccc1. The van der Waals surface area contributed by atoms with Crippen LogP contribution in [0.25, 0.3) is 0 Å². The van der Waals surface area contributed by atoms with Gasteiger partial charge in [-0.25, -0.2) is 4.79 Å². The molecule has 0 unspecified atom stereocenters. The van der Waals surface area contributed by atoms with Crippen LogP contribution in [-0.2, 0) is 9.53 Å². The number of phenolic OH excluding ortho intramolecular Hbond substituents is 1. The number of ether oxygens (including phenoxy) is 1. The van der Waals surface area contributed by atoms with Crippen molar-refractivity contribution in [2.24, 2.45) is 11.8 Å². The number of aromatic hydroxyl groups is 1. The third kappa shape index (κ3) is 2.92. The van der Waals surface area contributed by atoms with Crippen molar-refractivity contribution in [3.05, 3.63) is 76.6 Å². The summed E-state index contributed by atoms with van der Waals surface area (Å²) in [6.07, 6.45) is -0.123. The maximum Gasteiger partial charge on any atom is 0.338 e. The first-order valence-electron chi connectivity index (χ1n) is 9.50. The highest BCUT2D eigenvalue weighted by atomic mass is 16.5. The molecule has 0 saturated heterocycles. The molecule has 3 atom stereocenters. The second-order valence-corrected chi connectivity index (χ2v) is 7.23. The van der Waals surface area contributed by atoms with Crippen LogP contribution in [0.2, 0.25) is 0 Å². The van der Waals surface area contributed by atoms with Gasteiger partial charge in [0.15, 0.2) is 11.6 Å². The average Bonchev–Trinajstić information content (AvgIpc) is 2.71. The molecule has 2 N–H and O–H groups in total. The number of rotatable bonds is 3. The van der Waals surface area contributed by atoms with Crippen LogP contribution in [0.15, 0.2) is 59.9 Å². The van der Waals surface area contributed by atoms with Crippen molar-refractivity contribution in [3.8, 4) is 5.75 Å². The zero-order chi connectivity index (χ0) is 20.7. The molecule has 0 saturated carbocycles. The van der Waals surface area contributed by atoms with E-state index in [0.29, 0.717) is 5.56 Å². The highest BCUT2D eigenvalue weighted by molar-refractivity contribution is 6.18. The molecule has 6 heteroatoms. The quantitative estimate of drug-likeness (QED) is 0.775. The molecule has 0 spiro atoms. The number of hydrogen-bond donors (Lipinski definition) is 2. The van der Waals surface area contributed by atoms with Crippen molar-refractivity contribution in [2.75, 3.05) is 6.61 Å². The maximum absolute atomic E-state index is 13.5. The lowest BCUT2D eigenvalue weighted by atomic mass is 9.60. The zero-order valence-electron chi connectivity index (χ0n) is 15.8. The van der Waals surface area contributed by atoms with E-state index in [1.54, 1.807) is 37.3 Å². The van der Waals surface area contributed by atoms with E-state index in [-0.39, 0.29) is 47.0 Å². The number of fused-ring (bicyclic) bond motifs is 2. The Kier molecular flexibility index (Phi) is 4.70. The predicted octanol–water partition coefficient (Wildman–Crippen LogP) is 3.57. The van der Waals surface area contributed by atoms with Crippen LogP contribution < -0.4 is 0 Å². The Morgan fingerprint density at radius 3 is 2.45 bits per heavy atom. The largest absolute Gasteiger partial charge is 0.512 e. The van der Waals surface area contributed by atoms with Crippen LogP contribution in [-0.4, -0.2) is 34.4 Å². The van der Waals surface area contributed by atoms with E-state index >= 15 is 0 Å². The molecule has 0 aromatic heterocycles. The third-order valence-electron chi connectivity index (χ3n) is 5.68. The summed E-state index contributed by atoms with van der Waals surface area (Å²) in [6, 6.07) is 13.2. The predicted molar refractivity (Wildman–Crippen MR) is 104 cm³/mol. The molecule has 29 heavy (non-hydrogen) atoms. The molecule has 4 rings (SSSR count). The Morgan fingerprint density at radius 2 is 1.76 bits per heavy atom. The van der Waals surface area contributed by atoms with Gasteiger partial charge in [0.1, 0.15) is 11.5 Å². The first kappa shape index (κ1) is 18.9. The van der Waals surface area contributed by atoms with Gasteiger partial charge in [-0.2, -0.15) is 0 Å². The minimum Gasteiger partial charge on any atom is -0.512 e. The molecule has 2 aromatic rings. The van der Waals surface area contributed by atoms with Gasteiger partial charge in [0.2, 0.25) is 0 Å². The van der Waals surface area contributed by atoms with Gasteiger partial charge < -0.3 is 14.9 Å². The molecular weight excluding hydrogens is 372 g/mol. The number of Topliss-reactive ketones (excluding diaryl/α,β-unsaturated/α-hetero) is 2. The van der Waals surface area contributed by atoms with Gasteiger partial charge in [-0.3, -0.25) is 9.59 Å². The van der Waals surface area contributed by atoms with E-state index in [1.807, 2.05) is 0 Å². The van der Waals surface area contributed by atoms with E-state index < -0.39 is 29.5 Å². The molecule has 0 radical (unpaired) electrons. The summed E-state index contributed by atoms with van der Waals surface area (Å²) in [4.78, 5) is 39.3. The van der Waals surface area contributed by atoms with E-state index in [1.165, 1.54) is 18.2 Å². The average molecular weight is 392 g/mol. The van der Waals surface area contributed by atoms with Crippen LogP contribution in [0.3, 0.4) is 0 Å². The lowest BCUT2D eigenvalue weighted by molar-refractivity contribution is -0.139. The normalized spacial score (nSPS) is 23.4. The topological polar surface area (TPSA) is 101 Å². The van der Waals surface area contributed by atoms with Gasteiger partial charge in [0, 0.05) is 29.7 Å². The number of allylic oxidation sites excluding steroid dienone is 1. The molecule has 148 valence electrons. The number of phenols is 1. The second kappa shape index (κ2) is 7.20. The number of carbonyl (C=O) groups excluding carboxylic acids is 3. The minimum absolute atomic E-state index is 0.000629. The molecular formula is C23H20O6. The fourth-order valence-corrected chi connectivity index (χ4v) is 4.49. The van der Waals surface area contributed by atoms with E-state index in [4.69, 9.17) is 4.74 Å². The van der Waals surface area contributed by atoms with Gasteiger partial charge in [-0.15, -0.1) is 0 Å². The molecule has 0 aliphatic heterocycles. The Morgan fingerprint density at radius 1 is 1.03 bits per heavy atom. The number of aliphatic hydroxyl groups is 1. The summed E-state index contributed by atoms with van der Waals surface area (Å²) < 4.78 is 5.14. The Balaban J connectivity index is 1.94. The minimum atomic E-state index is -0.916. The number of aliphatic hydroxyl groups excluding tert-OH is 1. The van der Waals surface area contributed by atoms with Crippen molar-refractivity contribution < 1.29 is 29.3 Å². The van der Waals surface area contributed by atoms with Gasteiger partial charge in [0.25, 0.3) is 0 Å². The van der Waals surface area contributed by atoms with Gasteiger partial charge in [-0.1, -0.05) is 42.5 Å². The van der Waals surface area contributed by atoms with Gasteiger partial charge >= 0.3 is 5.97 Å². The number of carbonyl (C=O) groups is 3. The fourth-order valence-electron chi connectivity index (χ4n) is 4.49. The lowest BCUT2D eigenvalue weighted by Gasteiger charge is -2.40. The number of hydrogen-bond acceptors (Lipinski definition) is 6. The van der Waals surface area contributed by atoms with Crippen molar-refractivity contribution in [2.45, 2.75) is 19.3 Å². The van der Waals surface area contributed by atoms with Crippen molar-refractivity contribution in [3.63, 3.8) is 0 Å². The molecule has 0 fully saturated rings. The smallest absolute Gasteiger partial charge is 0.338 e. The Bertz CT molecular complexity index is 1040. The molecule has 0 amide bonds. The van der Waals surface area contributed by atoms with E-state index in [0.717, 1.165) is 0 Å². The van der Waals surface area contributed by atoms with Gasteiger partial charge in [0.05, 0.1) is 17.7 Å². The zero-order valence-corrected chi connectivity index (χ0v) is 15.8. The summed E-state index contributed by atoms with van der Waals surface area (Å²) in [5, 5.41) is 21.0. The summed E-state index contributed by atoms with van der Waals surface area (Å²) >= 11 is 0. The molecule has 2 aromatic carbocycles. The first-order valence-corrected chi connectivity index (χ1v) is 9.50. The van der Waals surface area contributed by atoms with Crippen LogP contribution in [0.4, 0.5) is 0 Å². The molecule has 2 aliphatic carbocycles. The molecule has 0 heterocycles. The Hall–Kier alpha value is -3.41. The maximum atomic E-state index is 13.5. The summed E-state index contributed by atoms with van der Waals surface area (Å²) in [6.45, 7) is 1.77. The standard InChI is InChI=1S/C23H20O6/c1-2-29-23(28)20-16(25)11-14-19(17(20)12-7-4-3-5-8-12)22(27)18-13(21(14)26)9-6-10-15(18)24/h3-10,14,17,19,24-25H,2,11H2,1H3/t14-,17+,19-/m0/s1. The summed E-state index contributed by atoms with van der Waals surface area (Å²) in [5.41, 5.74) is 0.746. The van der Waals surface area contributed by atoms with E-state index in [2.05, 4.69) is 0 Å². The van der Waals surface area contributed by atoms with Crippen molar-refractivity contribution >= 4 is 17.5 Å². The fraction of sp³-hybridized carbons (Fsp3) is 0.261. The molecule has 6 nitrogen and oxygen atoms in total. The number of ketones is 2. The van der Waals surface area contributed by atoms with Crippen molar-refractivity contribution in [1.29, 1.82) is 0 Å². The lowest BCUT2D eigenvalue weighted by Crippen LogP contribution is -2.44. The monoisotopic (exact) mass is 392 g/mol. The highest BCUT2D eigenvalue weighted by Gasteiger charge is 2.52. The van der Waals surface area contributed by atoms with Crippen molar-refractivity contribution in [1.82, 2.24) is 0 Å². The number of benzene rings is 2. The van der Waals surface area contributed by atoms with Crippen LogP contribution in [0.1, 0.15) is 45.5 Å². The Labute approximate surface area is 167 Å². The highest BCUT2D eigenvalue weighted by Crippen LogP contribution is 2.50. The summed E-state index contributed by atoms with van der Waals surface area (Å²) in [7, 11) is 0. The van der Waals surface area contributed by atoms with Gasteiger partial charge in [-0.05, 0) is 18.6 Å².